The van der Waals surface area contributed by atoms with Gasteiger partial charge in [0.15, 0.2) is 11.5 Å². The normalized spacial score (nSPS) is 20.2. The molecular formula is C18H22ClN3O3. The van der Waals surface area contributed by atoms with Crippen LogP contribution < -0.4 is 9.47 Å². The Morgan fingerprint density at radius 3 is 2.88 bits per heavy atom. The minimum absolute atomic E-state index is 0.223. The molecule has 25 heavy (non-hydrogen) atoms. The van der Waals surface area contributed by atoms with Gasteiger partial charge in [0.1, 0.15) is 5.82 Å². The minimum atomic E-state index is 0.223. The first-order valence-electron chi connectivity index (χ1n) is 8.72. The van der Waals surface area contributed by atoms with E-state index in [0.29, 0.717) is 16.5 Å². The Bertz CT molecular complexity index is 749. The largest absolute Gasteiger partial charge is 0.454 e. The number of ether oxygens (including phenoxy) is 2. The van der Waals surface area contributed by atoms with E-state index in [1.165, 1.54) is 12.8 Å². The van der Waals surface area contributed by atoms with E-state index in [-0.39, 0.29) is 19.4 Å². The number of likely N-dealkylation sites (tertiary alicyclic amines) is 1. The average Bonchev–Trinajstić information content (AvgIpc) is 3.27. The third-order valence-electron chi connectivity index (χ3n) is 5.01. The lowest BCUT2D eigenvalue weighted by Crippen LogP contribution is -2.43. The number of halogens is 1. The van der Waals surface area contributed by atoms with E-state index in [2.05, 4.69) is 14.5 Å². The maximum atomic E-state index is 9.57. The van der Waals surface area contributed by atoms with E-state index < -0.39 is 0 Å². The molecule has 2 aliphatic rings. The molecular weight excluding hydrogens is 342 g/mol. The first-order chi connectivity index (χ1) is 12.3. The fraction of sp³-hybridized carbons (Fsp3) is 0.500. The van der Waals surface area contributed by atoms with E-state index in [1.807, 2.05) is 12.3 Å². The van der Waals surface area contributed by atoms with Crippen molar-refractivity contribution in [3.63, 3.8) is 0 Å². The Labute approximate surface area is 151 Å². The van der Waals surface area contributed by atoms with Crippen molar-refractivity contribution in [1.29, 1.82) is 0 Å². The van der Waals surface area contributed by atoms with E-state index in [4.69, 9.17) is 21.1 Å². The van der Waals surface area contributed by atoms with Gasteiger partial charge in [-0.25, -0.2) is 4.98 Å². The van der Waals surface area contributed by atoms with Crippen LogP contribution in [0.1, 0.15) is 19.3 Å². The standard InChI is InChI=1S/C18H22ClN3O3/c19-15-10-17-16(24-12-25-17)9-14(15)18-20-4-6-22(18)8-7-21-5-2-1-3-13(21)11-23/h4,6,9-10,13,23H,1-3,5,7-8,11-12H2/t13-/m1/s1. The molecule has 2 aromatic rings. The summed E-state index contributed by atoms with van der Waals surface area (Å²) < 4.78 is 12.9. The molecule has 4 rings (SSSR count). The highest BCUT2D eigenvalue weighted by Crippen LogP contribution is 2.40. The van der Waals surface area contributed by atoms with Crippen LogP contribution in [0.5, 0.6) is 11.5 Å². The monoisotopic (exact) mass is 363 g/mol. The molecule has 0 unspecified atom stereocenters. The number of rotatable bonds is 5. The van der Waals surface area contributed by atoms with E-state index in [0.717, 1.165) is 37.4 Å². The van der Waals surface area contributed by atoms with Gasteiger partial charge in [-0.05, 0) is 25.5 Å². The topological polar surface area (TPSA) is 59.8 Å². The number of hydrogen-bond donors (Lipinski definition) is 1. The number of aliphatic hydroxyl groups excluding tert-OH is 1. The molecule has 1 saturated heterocycles. The quantitative estimate of drug-likeness (QED) is 0.885. The predicted octanol–water partition coefficient (Wildman–Crippen LogP) is 2.78. The van der Waals surface area contributed by atoms with Crippen LogP contribution in [0, 0.1) is 0 Å². The van der Waals surface area contributed by atoms with Crippen LogP contribution in [0.2, 0.25) is 5.02 Å². The number of aliphatic hydroxyl groups is 1. The second-order valence-corrected chi connectivity index (χ2v) is 6.90. The van der Waals surface area contributed by atoms with Crippen LogP contribution in [0.3, 0.4) is 0 Å². The van der Waals surface area contributed by atoms with Gasteiger partial charge in [0.2, 0.25) is 6.79 Å². The van der Waals surface area contributed by atoms with Crippen molar-refractivity contribution in [2.24, 2.45) is 0 Å². The molecule has 3 heterocycles. The fourth-order valence-corrected chi connectivity index (χ4v) is 3.86. The Hall–Kier alpha value is -1.76. The highest BCUT2D eigenvalue weighted by atomic mass is 35.5. The number of aromatic nitrogens is 2. The van der Waals surface area contributed by atoms with Gasteiger partial charge >= 0.3 is 0 Å². The predicted molar refractivity (Wildman–Crippen MR) is 95.1 cm³/mol. The van der Waals surface area contributed by atoms with Crippen LogP contribution in [0.4, 0.5) is 0 Å². The van der Waals surface area contributed by atoms with Crippen LogP contribution >= 0.6 is 11.6 Å². The SMILES string of the molecule is OC[C@H]1CCCCN1CCn1ccnc1-c1cc2c(cc1Cl)OCO2. The third-order valence-corrected chi connectivity index (χ3v) is 5.32. The van der Waals surface area contributed by atoms with Gasteiger partial charge in [-0.1, -0.05) is 18.0 Å². The second kappa shape index (κ2) is 7.23. The Balaban J connectivity index is 1.53. The van der Waals surface area contributed by atoms with Crippen LogP contribution in [0.25, 0.3) is 11.4 Å². The van der Waals surface area contributed by atoms with Gasteiger partial charge in [0.25, 0.3) is 0 Å². The molecule has 1 fully saturated rings. The third kappa shape index (κ3) is 3.34. The fourth-order valence-electron chi connectivity index (χ4n) is 3.62. The molecule has 0 saturated carbocycles. The highest BCUT2D eigenvalue weighted by Gasteiger charge is 2.23. The molecule has 0 amide bonds. The lowest BCUT2D eigenvalue weighted by Gasteiger charge is -2.34. The summed E-state index contributed by atoms with van der Waals surface area (Å²) in [5.41, 5.74) is 0.841. The molecule has 7 heteroatoms. The molecule has 0 aliphatic carbocycles. The van der Waals surface area contributed by atoms with E-state index in [1.54, 1.807) is 12.3 Å². The number of fused-ring (bicyclic) bond motifs is 1. The number of benzene rings is 1. The summed E-state index contributed by atoms with van der Waals surface area (Å²) in [4.78, 5) is 6.86. The summed E-state index contributed by atoms with van der Waals surface area (Å²) >= 11 is 6.43. The summed E-state index contributed by atoms with van der Waals surface area (Å²) in [5, 5.41) is 10.2. The van der Waals surface area contributed by atoms with E-state index >= 15 is 0 Å². The van der Waals surface area contributed by atoms with Gasteiger partial charge in [0, 0.05) is 43.2 Å². The van der Waals surface area contributed by atoms with Crippen molar-refractivity contribution in [1.82, 2.24) is 14.5 Å². The van der Waals surface area contributed by atoms with Crippen molar-refractivity contribution in [2.75, 3.05) is 26.5 Å². The summed E-state index contributed by atoms with van der Waals surface area (Å²) in [7, 11) is 0. The zero-order valence-electron chi connectivity index (χ0n) is 14.0. The summed E-state index contributed by atoms with van der Waals surface area (Å²) in [6, 6.07) is 3.95. The first kappa shape index (κ1) is 16.7. The van der Waals surface area contributed by atoms with Gasteiger partial charge in [-0.3, -0.25) is 4.90 Å². The van der Waals surface area contributed by atoms with Gasteiger partial charge < -0.3 is 19.1 Å². The van der Waals surface area contributed by atoms with Gasteiger partial charge in [-0.15, -0.1) is 0 Å². The van der Waals surface area contributed by atoms with Crippen LogP contribution in [-0.4, -0.2) is 52.1 Å². The highest BCUT2D eigenvalue weighted by molar-refractivity contribution is 6.33. The first-order valence-corrected chi connectivity index (χ1v) is 9.09. The molecule has 1 atom stereocenters. The molecule has 0 spiro atoms. The zero-order valence-corrected chi connectivity index (χ0v) is 14.8. The number of nitrogens with zero attached hydrogens (tertiary/aromatic N) is 3. The smallest absolute Gasteiger partial charge is 0.231 e. The molecule has 6 nitrogen and oxygen atoms in total. The molecule has 0 radical (unpaired) electrons. The van der Waals surface area contributed by atoms with Crippen LogP contribution in [0.15, 0.2) is 24.5 Å². The molecule has 134 valence electrons. The van der Waals surface area contributed by atoms with Crippen molar-refractivity contribution in [3.8, 4) is 22.9 Å². The second-order valence-electron chi connectivity index (χ2n) is 6.50. The van der Waals surface area contributed by atoms with Crippen molar-refractivity contribution < 1.29 is 14.6 Å². The van der Waals surface area contributed by atoms with E-state index in [9.17, 15) is 5.11 Å². The van der Waals surface area contributed by atoms with Crippen molar-refractivity contribution in [3.05, 3.63) is 29.5 Å². The Kier molecular flexibility index (Phi) is 4.83. The van der Waals surface area contributed by atoms with Crippen LogP contribution in [-0.2, 0) is 6.54 Å². The molecule has 1 aromatic carbocycles. The maximum absolute atomic E-state index is 9.57. The Morgan fingerprint density at radius 1 is 1.20 bits per heavy atom. The molecule has 1 N–H and O–H groups in total. The Morgan fingerprint density at radius 2 is 2.04 bits per heavy atom. The number of piperidine rings is 1. The molecule has 2 aliphatic heterocycles. The summed E-state index contributed by atoms with van der Waals surface area (Å²) in [6.07, 6.45) is 7.22. The van der Waals surface area contributed by atoms with Crippen molar-refractivity contribution >= 4 is 11.6 Å². The summed E-state index contributed by atoms with van der Waals surface area (Å²) in [5.74, 6) is 2.19. The van der Waals surface area contributed by atoms with Gasteiger partial charge in [-0.2, -0.15) is 0 Å². The molecule has 0 bridgehead atoms. The average molecular weight is 364 g/mol. The summed E-state index contributed by atoms with van der Waals surface area (Å²) in [6.45, 7) is 3.18. The minimum Gasteiger partial charge on any atom is -0.454 e. The molecule has 1 aromatic heterocycles. The van der Waals surface area contributed by atoms with Gasteiger partial charge in [0.05, 0.1) is 11.6 Å². The number of imidazole rings is 1. The zero-order chi connectivity index (χ0) is 17.2. The maximum Gasteiger partial charge on any atom is 0.231 e. The lowest BCUT2D eigenvalue weighted by molar-refractivity contribution is 0.0873. The lowest BCUT2D eigenvalue weighted by atomic mass is 10.0. The van der Waals surface area contributed by atoms with Crippen molar-refractivity contribution in [2.45, 2.75) is 31.8 Å². The number of hydrogen-bond acceptors (Lipinski definition) is 5.